The molecular formula is C17H14O2. The Labute approximate surface area is 112 Å². The summed E-state index contributed by atoms with van der Waals surface area (Å²) in [5.41, 5.74) is 5.43. The number of esters is 1. The van der Waals surface area contributed by atoms with Gasteiger partial charge in [0, 0.05) is 5.57 Å². The summed E-state index contributed by atoms with van der Waals surface area (Å²) in [7, 11) is 0. The van der Waals surface area contributed by atoms with Crippen LogP contribution in [0.3, 0.4) is 0 Å². The summed E-state index contributed by atoms with van der Waals surface area (Å²) >= 11 is 0. The molecule has 0 saturated heterocycles. The Morgan fingerprint density at radius 2 is 1.84 bits per heavy atom. The van der Waals surface area contributed by atoms with E-state index in [0.717, 1.165) is 6.42 Å². The van der Waals surface area contributed by atoms with Gasteiger partial charge in [-0.2, -0.15) is 0 Å². The van der Waals surface area contributed by atoms with Crippen LogP contribution in [0.2, 0.25) is 0 Å². The van der Waals surface area contributed by atoms with Crippen LogP contribution in [-0.2, 0) is 11.2 Å². The van der Waals surface area contributed by atoms with Crippen molar-refractivity contribution in [2.24, 2.45) is 0 Å². The predicted molar refractivity (Wildman–Crippen MR) is 75.1 cm³/mol. The van der Waals surface area contributed by atoms with E-state index in [2.05, 4.69) is 18.7 Å². The van der Waals surface area contributed by atoms with Crippen molar-refractivity contribution in [3.05, 3.63) is 65.7 Å². The van der Waals surface area contributed by atoms with E-state index in [1.807, 2.05) is 30.3 Å². The van der Waals surface area contributed by atoms with Crippen molar-refractivity contribution in [3.63, 3.8) is 0 Å². The molecule has 2 aromatic rings. The van der Waals surface area contributed by atoms with Crippen molar-refractivity contribution in [1.29, 1.82) is 0 Å². The Morgan fingerprint density at radius 1 is 1.11 bits per heavy atom. The second-order valence-corrected chi connectivity index (χ2v) is 4.82. The number of carbonyl (C=O) groups excluding carboxylic acids is 1. The zero-order valence-corrected chi connectivity index (χ0v) is 10.8. The maximum absolute atomic E-state index is 11.5. The molecule has 0 radical (unpaired) electrons. The minimum atomic E-state index is -0.379. The molecule has 0 aliphatic heterocycles. The van der Waals surface area contributed by atoms with Gasteiger partial charge in [0.1, 0.15) is 5.75 Å². The summed E-state index contributed by atoms with van der Waals surface area (Å²) in [5.74, 6) is 0.204. The molecule has 94 valence electrons. The average Bonchev–Trinajstić information content (AvgIpc) is 2.76. The van der Waals surface area contributed by atoms with Gasteiger partial charge in [-0.05, 0) is 47.7 Å². The molecule has 19 heavy (non-hydrogen) atoms. The summed E-state index contributed by atoms with van der Waals surface area (Å²) in [6.45, 7) is 5.23. The molecule has 0 amide bonds. The zero-order valence-electron chi connectivity index (χ0n) is 10.8. The first-order valence-corrected chi connectivity index (χ1v) is 6.24. The van der Waals surface area contributed by atoms with Crippen molar-refractivity contribution in [1.82, 2.24) is 0 Å². The summed E-state index contributed by atoms with van der Waals surface area (Å²) in [5, 5.41) is 0. The molecule has 2 aromatic carbocycles. The molecule has 0 atom stereocenters. The van der Waals surface area contributed by atoms with Crippen LogP contribution in [0, 0.1) is 0 Å². The molecule has 1 aliphatic carbocycles. The predicted octanol–water partition coefficient (Wildman–Crippen LogP) is 3.74. The van der Waals surface area contributed by atoms with Crippen LogP contribution in [0.5, 0.6) is 5.75 Å². The Bertz CT molecular complexity index is 683. The van der Waals surface area contributed by atoms with Crippen LogP contribution >= 0.6 is 0 Å². The lowest BCUT2D eigenvalue weighted by Crippen LogP contribution is -2.08. The minimum Gasteiger partial charge on any atom is -0.423 e. The first-order valence-electron chi connectivity index (χ1n) is 6.24. The third-order valence-electron chi connectivity index (χ3n) is 3.32. The molecule has 0 unspecified atom stereocenters. The van der Waals surface area contributed by atoms with Crippen LogP contribution in [0.15, 0.2) is 54.6 Å². The molecule has 2 heteroatoms. The summed E-state index contributed by atoms with van der Waals surface area (Å²) in [6.07, 6.45) is 0.893. The fourth-order valence-corrected chi connectivity index (χ4v) is 2.38. The molecule has 0 spiro atoms. The summed E-state index contributed by atoms with van der Waals surface area (Å²) in [6, 6.07) is 14.1. The fourth-order valence-electron chi connectivity index (χ4n) is 2.38. The van der Waals surface area contributed by atoms with Gasteiger partial charge in [-0.3, -0.25) is 0 Å². The number of carbonyl (C=O) groups is 1. The van der Waals surface area contributed by atoms with E-state index in [-0.39, 0.29) is 5.97 Å². The third-order valence-corrected chi connectivity index (χ3v) is 3.32. The minimum absolute atomic E-state index is 0.379. The van der Waals surface area contributed by atoms with E-state index in [1.54, 1.807) is 6.92 Å². The maximum atomic E-state index is 11.5. The van der Waals surface area contributed by atoms with Crippen LogP contribution in [-0.4, -0.2) is 5.97 Å². The SMILES string of the molecule is C=C(C)C(=O)Oc1ccc2c(c1)Cc1ccccc1-2. The monoisotopic (exact) mass is 250 g/mol. The average molecular weight is 250 g/mol. The van der Waals surface area contributed by atoms with Gasteiger partial charge in [0.25, 0.3) is 0 Å². The van der Waals surface area contributed by atoms with Gasteiger partial charge < -0.3 is 4.74 Å². The normalized spacial score (nSPS) is 11.6. The summed E-state index contributed by atoms with van der Waals surface area (Å²) in [4.78, 5) is 11.5. The first-order chi connectivity index (χ1) is 9.15. The second kappa shape index (κ2) is 4.39. The third kappa shape index (κ3) is 2.06. The van der Waals surface area contributed by atoms with Gasteiger partial charge in [-0.1, -0.05) is 36.9 Å². The van der Waals surface area contributed by atoms with E-state index in [1.165, 1.54) is 22.3 Å². The highest BCUT2D eigenvalue weighted by Gasteiger charge is 2.18. The number of hydrogen-bond acceptors (Lipinski definition) is 2. The Hall–Kier alpha value is -2.35. The molecule has 0 fully saturated rings. The molecule has 0 saturated carbocycles. The Kier molecular flexibility index (Phi) is 2.71. The van der Waals surface area contributed by atoms with Gasteiger partial charge in [-0.25, -0.2) is 4.79 Å². The van der Waals surface area contributed by atoms with Crippen molar-refractivity contribution < 1.29 is 9.53 Å². The number of benzene rings is 2. The lowest BCUT2D eigenvalue weighted by Gasteiger charge is -2.06. The van der Waals surface area contributed by atoms with E-state index in [4.69, 9.17) is 4.74 Å². The highest BCUT2D eigenvalue weighted by Crippen LogP contribution is 2.38. The summed E-state index contributed by atoms with van der Waals surface area (Å²) < 4.78 is 5.26. The number of fused-ring (bicyclic) bond motifs is 3. The Morgan fingerprint density at radius 3 is 2.63 bits per heavy atom. The highest BCUT2D eigenvalue weighted by molar-refractivity contribution is 5.89. The first kappa shape index (κ1) is 11.7. The van der Waals surface area contributed by atoms with Crippen LogP contribution in [0.1, 0.15) is 18.1 Å². The van der Waals surface area contributed by atoms with Gasteiger partial charge >= 0.3 is 5.97 Å². The quantitative estimate of drug-likeness (QED) is 0.393. The molecule has 3 rings (SSSR count). The molecular weight excluding hydrogens is 236 g/mol. The number of rotatable bonds is 2. The zero-order chi connectivity index (χ0) is 13.4. The molecule has 1 aliphatic rings. The van der Waals surface area contributed by atoms with E-state index in [0.29, 0.717) is 11.3 Å². The smallest absolute Gasteiger partial charge is 0.338 e. The molecule has 2 nitrogen and oxygen atoms in total. The van der Waals surface area contributed by atoms with E-state index in [9.17, 15) is 4.79 Å². The lowest BCUT2D eigenvalue weighted by molar-refractivity contribution is -0.130. The van der Waals surface area contributed by atoms with Crippen molar-refractivity contribution in [3.8, 4) is 16.9 Å². The van der Waals surface area contributed by atoms with Gasteiger partial charge in [-0.15, -0.1) is 0 Å². The van der Waals surface area contributed by atoms with E-state index < -0.39 is 0 Å². The van der Waals surface area contributed by atoms with E-state index >= 15 is 0 Å². The van der Waals surface area contributed by atoms with Crippen molar-refractivity contribution in [2.75, 3.05) is 0 Å². The topological polar surface area (TPSA) is 26.3 Å². The molecule has 0 aromatic heterocycles. The van der Waals surface area contributed by atoms with Gasteiger partial charge in [0.2, 0.25) is 0 Å². The maximum Gasteiger partial charge on any atom is 0.338 e. The molecule has 0 heterocycles. The van der Waals surface area contributed by atoms with Gasteiger partial charge in [0.05, 0.1) is 0 Å². The Balaban J connectivity index is 1.93. The molecule has 0 bridgehead atoms. The van der Waals surface area contributed by atoms with Crippen LogP contribution in [0.4, 0.5) is 0 Å². The largest absolute Gasteiger partial charge is 0.423 e. The molecule has 0 N–H and O–H groups in total. The number of hydrogen-bond donors (Lipinski definition) is 0. The van der Waals surface area contributed by atoms with Gasteiger partial charge in [0.15, 0.2) is 0 Å². The highest BCUT2D eigenvalue weighted by atomic mass is 16.5. The van der Waals surface area contributed by atoms with Crippen LogP contribution in [0.25, 0.3) is 11.1 Å². The second-order valence-electron chi connectivity index (χ2n) is 4.82. The standard InChI is InChI=1S/C17H14O2/c1-11(2)17(18)19-14-7-8-16-13(10-14)9-12-5-3-4-6-15(12)16/h3-8,10H,1,9H2,2H3. The number of ether oxygens (including phenoxy) is 1. The van der Waals surface area contributed by atoms with Crippen LogP contribution < -0.4 is 4.74 Å². The lowest BCUT2D eigenvalue weighted by atomic mass is 10.1. The van der Waals surface area contributed by atoms with Crippen molar-refractivity contribution in [2.45, 2.75) is 13.3 Å². The van der Waals surface area contributed by atoms with Crippen molar-refractivity contribution >= 4 is 5.97 Å². The fraction of sp³-hybridized carbons (Fsp3) is 0.118.